The summed E-state index contributed by atoms with van der Waals surface area (Å²) in [6, 6.07) is 0. The largest absolute Gasteiger partial charge is 0.482 e. The highest BCUT2D eigenvalue weighted by Crippen LogP contribution is 2.45. The molecule has 2 nitrogen and oxygen atoms in total. The van der Waals surface area contributed by atoms with Crippen LogP contribution in [0.1, 0.15) is 58.3 Å². The van der Waals surface area contributed by atoms with E-state index in [0.717, 1.165) is 47.9 Å². The molecule has 1 aliphatic heterocycles. The third-order valence-electron chi connectivity index (χ3n) is 3.60. The smallest absolute Gasteiger partial charge is 0.215 e. The van der Waals surface area contributed by atoms with Gasteiger partial charge < -0.3 is 4.74 Å². The fourth-order valence-electron chi connectivity index (χ4n) is 2.63. The monoisotopic (exact) mass is 334 g/mol. The second-order valence-electron chi connectivity index (χ2n) is 4.83. The Balaban J connectivity index is 2.01. The number of ether oxygens (including phenoxy) is 1. The molecule has 0 N–H and O–H groups in total. The number of carbonyl (C=O) groups is 1. The molecule has 0 aromatic carbocycles. The summed E-state index contributed by atoms with van der Waals surface area (Å²) < 4.78 is 6.87. The molecule has 1 fully saturated rings. The standard InChI is InChI=1S/C13H19IO2/c1-2-3-4-7-10-11(14)12(15)13(16-10)8-5-6-9-13/h2-9H2,1H3. The molecule has 0 atom stereocenters. The summed E-state index contributed by atoms with van der Waals surface area (Å²) in [6.07, 6.45) is 8.64. The minimum Gasteiger partial charge on any atom is -0.482 e. The van der Waals surface area contributed by atoms with Crippen molar-refractivity contribution < 1.29 is 9.53 Å². The summed E-state index contributed by atoms with van der Waals surface area (Å²) in [6.45, 7) is 2.19. The molecule has 90 valence electrons. The predicted octanol–water partition coefficient (Wildman–Crippen LogP) is 4.13. The molecule has 0 aromatic heterocycles. The first-order chi connectivity index (χ1) is 7.69. The molecule has 3 heteroatoms. The van der Waals surface area contributed by atoms with Gasteiger partial charge in [-0.2, -0.15) is 0 Å². The first-order valence-corrected chi connectivity index (χ1v) is 7.40. The van der Waals surface area contributed by atoms with Gasteiger partial charge in [0.1, 0.15) is 5.76 Å². The van der Waals surface area contributed by atoms with Crippen molar-refractivity contribution in [3.8, 4) is 0 Å². The maximum atomic E-state index is 12.2. The van der Waals surface area contributed by atoms with Crippen LogP contribution in [0, 0.1) is 0 Å². The maximum absolute atomic E-state index is 12.2. The Hall–Kier alpha value is -0.0600. The lowest BCUT2D eigenvalue weighted by Gasteiger charge is -2.22. The topological polar surface area (TPSA) is 26.3 Å². The van der Waals surface area contributed by atoms with Crippen molar-refractivity contribution in [2.75, 3.05) is 0 Å². The van der Waals surface area contributed by atoms with Crippen LogP contribution < -0.4 is 0 Å². The molecule has 0 amide bonds. The molecule has 0 unspecified atom stereocenters. The fraction of sp³-hybridized carbons (Fsp3) is 0.769. The van der Waals surface area contributed by atoms with Gasteiger partial charge in [0.05, 0.1) is 3.58 Å². The van der Waals surface area contributed by atoms with Crippen LogP contribution in [0.15, 0.2) is 9.34 Å². The Morgan fingerprint density at radius 2 is 2.00 bits per heavy atom. The lowest BCUT2D eigenvalue weighted by molar-refractivity contribution is -0.129. The quantitative estimate of drug-likeness (QED) is 0.571. The number of Topliss-reactive ketones (excluding diaryl/α,β-unsaturated/α-hetero) is 1. The zero-order valence-electron chi connectivity index (χ0n) is 9.85. The molecule has 1 saturated carbocycles. The molecule has 1 aliphatic carbocycles. The number of hydrogen-bond donors (Lipinski definition) is 0. The van der Waals surface area contributed by atoms with Gasteiger partial charge in [-0.15, -0.1) is 0 Å². The summed E-state index contributed by atoms with van der Waals surface area (Å²) in [5.41, 5.74) is -0.432. The summed E-state index contributed by atoms with van der Waals surface area (Å²) >= 11 is 2.18. The van der Waals surface area contributed by atoms with Crippen molar-refractivity contribution in [1.29, 1.82) is 0 Å². The number of allylic oxidation sites excluding steroid dienone is 1. The zero-order valence-corrected chi connectivity index (χ0v) is 12.0. The van der Waals surface area contributed by atoms with Crippen molar-refractivity contribution in [3.63, 3.8) is 0 Å². The van der Waals surface area contributed by atoms with Crippen LogP contribution in [0.25, 0.3) is 0 Å². The van der Waals surface area contributed by atoms with Gasteiger partial charge in [0, 0.05) is 6.42 Å². The van der Waals surface area contributed by atoms with Crippen LogP contribution in [0.5, 0.6) is 0 Å². The van der Waals surface area contributed by atoms with Gasteiger partial charge in [-0.05, 0) is 54.7 Å². The van der Waals surface area contributed by atoms with Gasteiger partial charge >= 0.3 is 0 Å². The van der Waals surface area contributed by atoms with Crippen LogP contribution in [-0.4, -0.2) is 11.4 Å². The zero-order chi connectivity index (χ0) is 11.6. The fourth-order valence-corrected chi connectivity index (χ4v) is 3.50. The summed E-state index contributed by atoms with van der Waals surface area (Å²) in [7, 11) is 0. The first-order valence-electron chi connectivity index (χ1n) is 6.32. The SMILES string of the molecule is CCCCCC1=C(I)C(=O)C2(CCCC2)O1. The van der Waals surface area contributed by atoms with Gasteiger partial charge in [-0.3, -0.25) is 4.79 Å². The normalized spacial score (nSPS) is 23.2. The number of ketones is 1. The molecule has 1 spiro atoms. The molecule has 1 heterocycles. The van der Waals surface area contributed by atoms with E-state index in [1.807, 2.05) is 0 Å². The van der Waals surface area contributed by atoms with E-state index in [-0.39, 0.29) is 5.78 Å². The van der Waals surface area contributed by atoms with Crippen LogP contribution in [0.2, 0.25) is 0 Å². The Kier molecular flexibility index (Phi) is 3.93. The van der Waals surface area contributed by atoms with Crippen molar-refractivity contribution >= 4 is 28.4 Å². The molecule has 0 radical (unpaired) electrons. The Labute approximate surface area is 111 Å². The van der Waals surface area contributed by atoms with Crippen LogP contribution in [0.3, 0.4) is 0 Å². The molecule has 16 heavy (non-hydrogen) atoms. The van der Waals surface area contributed by atoms with Crippen molar-refractivity contribution in [3.05, 3.63) is 9.34 Å². The third-order valence-corrected chi connectivity index (χ3v) is 4.69. The average molecular weight is 334 g/mol. The highest BCUT2D eigenvalue weighted by Gasteiger charge is 2.49. The molecule has 2 aliphatic rings. The Morgan fingerprint density at radius 3 is 2.62 bits per heavy atom. The van der Waals surface area contributed by atoms with Crippen LogP contribution in [-0.2, 0) is 9.53 Å². The van der Waals surface area contributed by atoms with E-state index in [4.69, 9.17) is 4.74 Å². The van der Waals surface area contributed by atoms with E-state index in [2.05, 4.69) is 29.5 Å². The second kappa shape index (κ2) is 5.07. The van der Waals surface area contributed by atoms with Crippen LogP contribution in [0.4, 0.5) is 0 Å². The molecular weight excluding hydrogens is 315 g/mol. The highest BCUT2D eigenvalue weighted by molar-refractivity contribution is 14.1. The Bertz CT molecular complexity index is 314. The number of halogens is 1. The highest BCUT2D eigenvalue weighted by atomic mass is 127. The van der Waals surface area contributed by atoms with E-state index in [1.54, 1.807) is 0 Å². The van der Waals surface area contributed by atoms with Gasteiger partial charge in [-0.1, -0.05) is 19.8 Å². The second-order valence-corrected chi connectivity index (χ2v) is 5.91. The summed E-state index contributed by atoms with van der Waals surface area (Å²) in [4.78, 5) is 12.2. The lowest BCUT2D eigenvalue weighted by Crippen LogP contribution is -2.33. The van der Waals surface area contributed by atoms with E-state index >= 15 is 0 Å². The summed E-state index contributed by atoms with van der Waals surface area (Å²) in [5.74, 6) is 1.23. The molecule has 2 rings (SSSR count). The van der Waals surface area contributed by atoms with Gasteiger partial charge in [0.2, 0.25) is 5.78 Å². The van der Waals surface area contributed by atoms with Crippen molar-refractivity contribution in [1.82, 2.24) is 0 Å². The van der Waals surface area contributed by atoms with E-state index in [9.17, 15) is 4.79 Å². The van der Waals surface area contributed by atoms with E-state index in [1.165, 1.54) is 12.8 Å². The number of hydrogen-bond acceptors (Lipinski definition) is 2. The molecule has 0 saturated heterocycles. The van der Waals surface area contributed by atoms with Gasteiger partial charge in [0.15, 0.2) is 5.60 Å². The van der Waals surface area contributed by atoms with E-state index < -0.39 is 5.60 Å². The third kappa shape index (κ3) is 2.15. The minimum absolute atomic E-state index is 0.261. The Morgan fingerprint density at radius 1 is 1.31 bits per heavy atom. The van der Waals surface area contributed by atoms with Crippen molar-refractivity contribution in [2.24, 2.45) is 0 Å². The first kappa shape index (κ1) is 12.4. The molecule has 0 aromatic rings. The lowest BCUT2D eigenvalue weighted by atomic mass is 9.98. The summed E-state index contributed by atoms with van der Waals surface area (Å²) in [5, 5.41) is 0. The maximum Gasteiger partial charge on any atom is 0.215 e. The average Bonchev–Trinajstić information content (AvgIpc) is 2.83. The number of unbranched alkanes of at least 4 members (excludes halogenated alkanes) is 2. The number of carbonyl (C=O) groups excluding carboxylic acids is 1. The van der Waals surface area contributed by atoms with Crippen LogP contribution >= 0.6 is 22.6 Å². The van der Waals surface area contributed by atoms with Gasteiger partial charge in [0.25, 0.3) is 0 Å². The molecular formula is C13H19IO2. The van der Waals surface area contributed by atoms with E-state index in [0.29, 0.717) is 0 Å². The molecule has 0 bridgehead atoms. The van der Waals surface area contributed by atoms with Gasteiger partial charge in [-0.25, -0.2) is 0 Å². The number of rotatable bonds is 4. The predicted molar refractivity (Wildman–Crippen MR) is 72.5 cm³/mol. The van der Waals surface area contributed by atoms with Crippen molar-refractivity contribution in [2.45, 2.75) is 63.9 Å². The minimum atomic E-state index is -0.432.